The zero-order valence-corrected chi connectivity index (χ0v) is 12.6. The molecule has 0 saturated carbocycles. The highest BCUT2D eigenvalue weighted by molar-refractivity contribution is 5.93. The summed E-state index contributed by atoms with van der Waals surface area (Å²) in [4.78, 5) is 23.8. The number of hydrogen-bond acceptors (Lipinski definition) is 4. The van der Waals surface area contributed by atoms with Crippen LogP contribution in [0.3, 0.4) is 0 Å². The normalized spacial score (nSPS) is 25.2. The summed E-state index contributed by atoms with van der Waals surface area (Å²) in [5, 5.41) is 9.79. The Hall–Kier alpha value is -1.40. The van der Waals surface area contributed by atoms with Crippen LogP contribution in [-0.4, -0.2) is 69.1 Å². The predicted octanol–water partition coefficient (Wildman–Crippen LogP) is 0.779. The van der Waals surface area contributed by atoms with Crippen LogP contribution in [0.1, 0.15) is 41.9 Å². The van der Waals surface area contributed by atoms with E-state index in [1.54, 1.807) is 6.33 Å². The Morgan fingerprint density at radius 1 is 1.33 bits per heavy atom. The molecule has 0 radical (unpaired) electrons. The molecule has 0 bridgehead atoms. The molecule has 1 atom stereocenters. The molecule has 0 aromatic carbocycles. The third kappa shape index (κ3) is 3.11. The average molecular weight is 292 g/mol. The highest BCUT2D eigenvalue weighted by Crippen LogP contribution is 2.22. The lowest BCUT2D eigenvalue weighted by molar-refractivity contribution is 0.0239. The molecule has 116 valence electrons. The van der Waals surface area contributed by atoms with Gasteiger partial charge in [0.15, 0.2) is 0 Å². The van der Waals surface area contributed by atoms with Gasteiger partial charge in [0, 0.05) is 31.4 Å². The lowest BCUT2D eigenvalue weighted by Gasteiger charge is -2.41. The molecule has 2 fully saturated rings. The van der Waals surface area contributed by atoms with Crippen molar-refractivity contribution < 1.29 is 9.90 Å². The fraction of sp³-hybridized carbons (Fsp3) is 0.733. The number of β-amino-alcohol motifs (C(OH)–C–C–N with tert-alkyl or cyclic N) is 1. The minimum atomic E-state index is -0.176. The molecule has 3 heterocycles. The number of aromatic amines is 1. The van der Waals surface area contributed by atoms with Crippen molar-refractivity contribution in [1.29, 1.82) is 0 Å². The van der Waals surface area contributed by atoms with Crippen LogP contribution < -0.4 is 0 Å². The Kier molecular flexibility index (Phi) is 4.26. The molecule has 1 unspecified atom stereocenters. The van der Waals surface area contributed by atoms with Crippen molar-refractivity contribution in [3.05, 3.63) is 17.7 Å². The molecule has 1 aromatic rings. The predicted molar refractivity (Wildman–Crippen MR) is 79.1 cm³/mol. The second-order valence-corrected chi connectivity index (χ2v) is 6.19. The van der Waals surface area contributed by atoms with Crippen molar-refractivity contribution in [2.45, 2.75) is 44.8 Å². The number of hydrogen-bond donors (Lipinski definition) is 2. The zero-order valence-electron chi connectivity index (χ0n) is 12.6. The number of piperidine rings is 2. The van der Waals surface area contributed by atoms with E-state index in [9.17, 15) is 9.90 Å². The van der Waals surface area contributed by atoms with Crippen LogP contribution in [0, 0.1) is 6.92 Å². The number of amides is 1. The SMILES string of the molecule is Cc1[nH]cnc1C(=O)N1CCC(N2CCCC(O)C2)CC1. The van der Waals surface area contributed by atoms with Crippen molar-refractivity contribution in [2.75, 3.05) is 26.2 Å². The van der Waals surface area contributed by atoms with Crippen molar-refractivity contribution in [3.8, 4) is 0 Å². The van der Waals surface area contributed by atoms with E-state index in [0.29, 0.717) is 11.7 Å². The maximum atomic E-state index is 12.4. The molecule has 21 heavy (non-hydrogen) atoms. The number of rotatable bonds is 2. The summed E-state index contributed by atoms with van der Waals surface area (Å²) in [5.74, 6) is 0.0332. The van der Waals surface area contributed by atoms with E-state index in [2.05, 4.69) is 14.9 Å². The molecule has 2 aliphatic heterocycles. The monoisotopic (exact) mass is 292 g/mol. The van der Waals surface area contributed by atoms with Crippen LogP contribution in [0.4, 0.5) is 0 Å². The van der Waals surface area contributed by atoms with Gasteiger partial charge in [0.25, 0.3) is 5.91 Å². The van der Waals surface area contributed by atoms with Crippen LogP contribution in [0.25, 0.3) is 0 Å². The number of carbonyl (C=O) groups is 1. The number of aromatic nitrogens is 2. The first-order chi connectivity index (χ1) is 10.1. The number of carbonyl (C=O) groups excluding carboxylic acids is 1. The van der Waals surface area contributed by atoms with Gasteiger partial charge in [-0.2, -0.15) is 0 Å². The van der Waals surface area contributed by atoms with Gasteiger partial charge in [0.1, 0.15) is 5.69 Å². The van der Waals surface area contributed by atoms with E-state index in [1.165, 1.54) is 0 Å². The van der Waals surface area contributed by atoms with Crippen LogP contribution >= 0.6 is 0 Å². The quantitative estimate of drug-likeness (QED) is 0.845. The van der Waals surface area contributed by atoms with E-state index in [-0.39, 0.29) is 12.0 Å². The Bertz CT molecular complexity index is 494. The maximum Gasteiger partial charge on any atom is 0.274 e. The minimum absolute atomic E-state index is 0.0332. The fourth-order valence-corrected chi connectivity index (χ4v) is 3.47. The van der Waals surface area contributed by atoms with Gasteiger partial charge in [0.05, 0.1) is 12.4 Å². The van der Waals surface area contributed by atoms with Crippen LogP contribution in [0.5, 0.6) is 0 Å². The molecule has 2 saturated heterocycles. The van der Waals surface area contributed by atoms with Crippen molar-refractivity contribution in [1.82, 2.24) is 19.8 Å². The zero-order chi connectivity index (χ0) is 14.8. The lowest BCUT2D eigenvalue weighted by atomic mass is 9.98. The van der Waals surface area contributed by atoms with Crippen LogP contribution in [-0.2, 0) is 0 Å². The molecule has 1 aromatic heterocycles. The minimum Gasteiger partial charge on any atom is -0.392 e. The van der Waals surface area contributed by atoms with E-state index in [1.807, 2.05) is 11.8 Å². The van der Waals surface area contributed by atoms with E-state index in [4.69, 9.17) is 0 Å². The number of H-pyrrole nitrogens is 1. The van der Waals surface area contributed by atoms with Crippen molar-refractivity contribution in [2.24, 2.45) is 0 Å². The van der Waals surface area contributed by atoms with Gasteiger partial charge in [-0.05, 0) is 39.2 Å². The largest absolute Gasteiger partial charge is 0.392 e. The molecule has 3 rings (SSSR count). The number of aryl methyl sites for hydroxylation is 1. The smallest absolute Gasteiger partial charge is 0.274 e. The molecule has 6 heteroatoms. The third-order valence-electron chi connectivity index (χ3n) is 4.73. The average Bonchev–Trinajstić information content (AvgIpc) is 2.93. The second-order valence-electron chi connectivity index (χ2n) is 6.19. The summed E-state index contributed by atoms with van der Waals surface area (Å²) in [6.45, 7) is 5.30. The summed E-state index contributed by atoms with van der Waals surface area (Å²) in [7, 11) is 0. The molecule has 2 N–H and O–H groups in total. The molecule has 1 amide bonds. The maximum absolute atomic E-state index is 12.4. The Morgan fingerprint density at radius 3 is 2.71 bits per heavy atom. The third-order valence-corrected chi connectivity index (χ3v) is 4.73. The number of nitrogens with zero attached hydrogens (tertiary/aromatic N) is 3. The van der Waals surface area contributed by atoms with Gasteiger partial charge < -0.3 is 15.0 Å². The Labute approximate surface area is 125 Å². The van der Waals surface area contributed by atoms with Crippen molar-refractivity contribution >= 4 is 5.91 Å². The van der Waals surface area contributed by atoms with Crippen LogP contribution in [0.15, 0.2) is 6.33 Å². The van der Waals surface area contributed by atoms with E-state index < -0.39 is 0 Å². The van der Waals surface area contributed by atoms with Gasteiger partial charge in [0.2, 0.25) is 0 Å². The van der Waals surface area contributed by atoms with Gasteiger partial charge >= 0.3 is 0 Å². The first-order valence-corrected chi connectivity index (χ1v) is 7.86. The highest BCUT2D eigenvalue weighted by atomic mass is 16.3. The number of imidazole rings is 1. The summed E-state index contributed by atoms with van der Waals surface area (Å²) in [6.07, 6.45) is 5.37. The molecule has 2 aliphatic rings. The van der Waals surface area contributed by atoms with Crippen molar-refractivity contribution in [3.63, 3.8) is 0 Å². The first-order valence-electron chi connectivity index (χ1n) is 7.86. The first kappa shape index (κ1) is 14.5. The molecule has 0 aliphatic carbocycles. The summed E-state index contributed by atoms with van der Waals surface area (Å²) in [6, 6.07) is 0.504. The Morgan fingerprint density at radius 2 is 2.10 bits per heavy atom. The van der Waals surface area contributed by atoms with Crippen LogP contribution in [0.2, 0.25) is 0 Å². The van der Waals surface area contributed by atoms with Gasteiger partial charge in [-0.15, -0.1) is 0 Å². The molecule has 0 spiro atoms. The topological polar surface area (TPSA) is 72.5 Å². The summed E-state index contributed by atoms with van der Waals surface area (Å²) in [5.41, 5.74) is 1.38. The molecular weight excluding hydrogens is 268 g/mol. The van der Waals surface area contributed by atoms with E-state index >= 15 is 0 Å². The van der Waals surface area contributed by atoms with Gasteiger partial charge in [-0.25, -0.2) is 4.98 Å². The summed E-state index contributed by atoms with van der Waals surface area (Å²) < 4.78 is 0. The molecular formula is C15H24N4O2. The number of aliphatic hydroxyl groups is 1. The molecule has 6 nitrogen and oxygen atoms in total. The lowest BCUT2D eigenvalue weighted by Crippen LogP contribution is -2.50. The van der Waals surface area contributed by atoms with E-state index in [0.717, 1.165) is 57.6 Å². The Balaban J connectivity index is 1.55. The van der Waals surface area contributed by atoms with Gasteiger partial charge in [-0.1, -0.05) is 0 Å². The number of likely N-dealkylation sites (tertiary alicyclic amines) is 2. The highest BCUT2D eigenvalue weighted by Gasteiger charge is 2.30. The standard InChI is InChI=1S/C15H24N4O2/c1-11-14(17-10-16-11)15(21)18-7-4-12(5-8-18)19-6-2-3-13(20)9-19/h10,12-13,20H,2-9H2,1H3,(H,16,17). The number of nitrogens with one attached hydrogen (secondary N) is 1. The van der Waals surface area contributed by atoms with Gasteiger partial charge in [-0.3, -0.25) is 9.69 Å². The fourth-order valence-electron chi connectivity index (χ4n) is 3.47. The number of aliphatic hydroxyl groups excluding tert-OH is 1. The second kappa shape index (κ2) is 6.15. The summed E-state index contributed by atoms with van der Waals surface area (Å²) >= 11 is 0.